The molecule has 2 aromatic carbocycles. The second-order valence-corrected chi connectivity index (χ2v) is 4.83. The number of benzene rings is 2. The zero-order chi connectivity index (χ0) is 15.5. The predicted molar refractivity (Wildman–Crippen MR) is 84.0 cm³/mol. The molecule has 0 fully saturated rings. The number of carboxylic acids is 1. The summed E-state index contributed by atoms with van der Waals surface area (Å²) in [4.78, 5) is 15.4. The summed E-state index contributed by atoms with van der Waals surface area (Å²) in [5.74, 6) is -1.26. The maximum Gasteiger partial charge on any atom is 0.336 e. The number of halogens is 1. The third-order valence-corrected chi connectivity index (χ3v) is 3.33. The molecule has 3 rings (SSSR count). The number of carboxylic acid groups (broad SMARTS) is 1. The van der Waals surface area contributed by atoms with Crippen LogP contribution in [0.3, 0.4) is 0 Å². The van der Waals surface area contributed by atoms with E-state index >= 15 is 0 Å². The molecule has 108 valence electrons. The minimum Gasteiger partial charge on any atom is -0.478 e. The van der Waals surface area contributed by atoms with E-state index in [2.05, 4.69) is 4.98 Å². The quantitative estimate of drug-likeness (QED) is 0.735. The van der Waals surface area contributed by atoms with Crippen molar-refractivity contribution in [3.8, 4) is 0 Å². The minimum absolute atomic E-state index is 0.224. The van der Waals surface area contributed by atoms with E-state index in [0.717, 1.165) is 11.1 Å². The van der Waals surface area contributed by atoms with Crippen molar-refractivity contribution in [1.82, 2.24) is 4.98 Å². The number of aromatic carboxylic acids is 1. The van der Waals surface area contributed by atoms with Gasteiger partial charge in [0, 0.05) is 11.6 Å². The lowest BCUT2D eigenvalue weighted by Gasteiger charge is -2.03. The Hall–Kier alpha value is -3.01. The third kappa shape index (κ3) is 2.86. The topological polar surface area (TPSA) is 50.2 Å². The number of fused-ring (bicyclic) bond motifs is 1. The van der Waals surface area contributed by atoms with Crippen LogP contribution < -0.4 is 0 Å². The highest BCUT2D eigenvalue weighted by molar-refractivity contribution is 6.03. The first-order valence-corrected chi connectivity index (χ1v) is 6.69. The zero-order valence-electron chi connectivity index (χ0n) is 11.5. The van der Waals surface area contributed by atoms with E-state index in [9.17, 15) is 14.3 Å². The molecule has 0 radical (unpaired) electrons. The Morgan fingerprint density at radius 1 is 1.00 bits per heavy atom. The maximum atomic E-state index is 12.9. The summed E-state index contributed by atoms with van der Waals surface area (Å²) in [5.41, 5.74) is 2.58. The van der Waals surface area contributed by atoms with E-state index in [4.69, 9.17) is 0 Å². The minimum atomic E-state index is -0.980. The van der Waals surface area contributed by atoms with E-state index in [0.29, 0.717) is 10.9 Å². The number of hydrogen-bond donors (Lipinski definition) is 1. The van der Waals surface area contributed by atoms with E-state index in [1.807, 2.05) is 18.2 Å². The highest BCUT2D eigenvalue weighted by atomic mass is 19.1. The summed E-state index contributed by atoms with van der Waals surface area (Å²) in [5, 5.41) is 9.82. The second kappa shape index (κ2) is 5.77. The lowest BCUT2D eigenvalue weighted by molar-refractivity contribution is 0.0699. The molecular formula is C18H12FNO2. The van der Waals surface area contributed by atoms with Crippen LogP contribution in [0.25, 0.3) is 23.1 Å². The molecule has 0 aliphatic rings. The number of nitrogens with zero attached hydrogens (tertiary/aromatic N) is 1. The van der Waals surface area contributed by atoms with Crippen molar-refractivity contribution in [3.63, 3.8) is 0 Å². The Labute approximate surface area is 126 Å². The average Bonchev–Trinajstić information content (AvgIpc) is 2.53. The Kier molecular flexibility index (Phi) is 3.66. The molecule has 0 aliphatic carbocycles. The Balaban J connectivity index is 1.99. The summed E-state index contributed by atoms with van der Waals surface area (Å²) in [6, 6.07) is 13.1. The lowest BCUT2D eigenvalue weighted by atomic mass is 10.1. The van der Waals surface area contributed by atoms with Crippen LogP contribution in [0.15, 0.2) is 54.7 Å². The van der Waals surface area contributed by atoms with E-state index in [1.165, 1.54) is 24.4 Å². The number of rotatable bonds is 3. The first-order valence-electron chi connectivity index (χ1n) is 6.69. The van der Waals surface area contributed by atoms with Gasteiger partial charge in [-0.15, -0.1) is 0 Å². The summed E-state index contributed by atoms with van der Waals surface area (Å²) in [7, 11) is 0. The molecule has 0 bridgehead atoms. The molecule has 3 aromatic rings. The molecular weight excluding hydrogens is 281 g/mol. The van der Waals surface area contributed by atoms with Crippen LogP contribution in [0, 0.1) is 5.82 Å². The van der Waals surface area contributed by atoms with Crippen LogP contribution in [0.2, 0.25) is 0 Å². The Morgan fingerprint density at radius 3 is 2.41 bits per heavy atom. The molecule has 1 heterocycles. The molecule has 0 atom stereocenters. The first-order chi connectivity index (χ1) is 10.6. The Morgan fingerprint density at radius 2 is 1.68 bits per heavy atom. The molecule has 0 saturated heterocycles. The van der Waals surface area contributed by atoms with Crippen molar-refractivity contribution in [3.05, 3.63) is 77.2 Å². The fourth-order valence-corrected chi connectivity index (χ4v) is 2.22. The van der Waals surface area contributed by atoms with Gasteiger partial charge in [0.15, 0.2) is 0 Å². The van der Waals surface area contributed by atoms with Gasteiger partial charge in [0.2, 0.25) is 0 Å². The van der Waals surface area contributed by atoms with E-state index in [1.54, 1.807) is 24.3 Å². The van der Waals surface area contributed by atoms with Crippen molar-refractivity contribution in [2.45, 2.75) is 0 Å². The van der Waals surface area contributed by atoms with Crippen molar-refractivity contribution < 1.29 is 14.3 Å². The second-order valence-electron chi connectivity index (χ2n) is 4.83. The molecule has 1 aromatic heterocycles. The van der Waals surface area contributed by atoms with Crippen molar-refractivity contribution >= 4 is 29.0 Å². The molecule has 0 spiro atoms. The van der Waals surface area contributed by atoms with Crippen LogP contribution >= 0.6 is 0 Å². The summed E-state index contributed by atoms with van der Waals surface area (Å²) in [6.07, 6.45) is 5.18. The van der Waals surface area contributed by atoms with Gasteiger partial charge in [-0.25, -0.2) is 9.18 Å². The zero-order valence-corrected chi connectivity index (χ0v) is 11.5. The predicted octanol–water partition coefficient (Wildman–Crippen LogP) is 4.24. The normalized spacial score (nSPS) is 11.1. The van der Waals surface area contributed by atoms with Gasteiger partial charge in [0.1, 0.15) is 5.82 Å². The fraction of sp³-hybridized carbons (Fsp3) is 0. The van der Waals surface area contributed by atoms with Gasteiger partial charge in [0.25, 0.3) is 0 Å². The molecule has 22 heavy (non-hydrogen) atoms. The number of hydrogen-bond acceptors (Lipinski definition) is 2. The van der Waals surface area contributed by atoms with E-state index in [-0.39, 0.29) is 11.4 Å². The van der Waals surface area contributed by atoms with Gasteiger partial charge in [-0.3, -0.25) is 4.98 Å². The highest BCUT2D eigenvalue weighted by Crippen LogP contribution is 2.20. The molecule has 0 aliphatic heterocycles. The van der Waals surface area contributed by atoms with E-state index < -0.39 is 5.97 Å². The number of aromatic nitrogens is 1. The van der Waals surface area contributed by atoms with Crippen molar-refractivity contribution in [2.75, 3.05) is 0 Å². The van der Waals surface area contributed by atoms with Crippen LogP contribution in [-0.2, 0) is 0 Å². The number of carbonyl (C=O) groups is 1. The number of pyridine rings is 1. The SMILES string of the molecule is O=C(O)c1ccnc2ccc(/C=C/c3ccc(F)cc3)cc12. The largest absolute Gasteiger partial charge is 0.478 e. The molecule has 1 N–H and O–H groups in total. The lowest BCUT2D eigenvalue weighted by Crippen LogP contribution is -1.98. The van der Waals surface area contributed by atoms with Gasteiger partial charge < -0.3 is 5.11 Å². The summed E-state index contributed by atoms with van der Waals surface area (Å²) >= 11 is 0. The highest BCUT2D eigenvalue weighted by Gasteiger charge is 2.08. The standard InChI is InChI=1S/C18H12FNO2/c19-14-6-3-12(4-7-14)1-2-13-5-8-17-16(11-13)15(18(21)22)9-10-20-17/h1-11H,(H,21,22)/b2-1+. The molecule has 0 unspecified atom stereocenters. The molecule has 4 heteroatoms. The monoisotopic (exact) mass is 293 g/mol. The summed E-state index contributed by atoms with van der Waals surface area (Å²) in [6.45, 7) is 0. The third-order valence-electron chi connectivity index (χ3n) is 3.33. The van der Waals surface area contributed by atoms with Crippen LogP contribution in [0.5, 0.6) is 0 Å². The van der Waals surface area contributed by atoms with Crippen LogP contribution in [-0.4, -0.2) is 16.1 Å². The van der Waals surface area contributed by atoms with Crippen molar-refractivity contribution in [1.29, 1.82) is 0 Å². The van der Waals surface area contributed by atoms with Gasteiger partial charge in [-0.2, -0.15) is 0 Å². The first kappa shape index (κ1) is 13.9. The smallest absolute Gasteiger partial charge is 0.336 e. The maximum absolute atomic E-state index is 12.9. The molecule has 3 nitrogen and oxygen atoms in total. The van der Waals surface area contributed by atoms with Gasteiger partial charge in [-0.1, -0.05) is 30.4 Å². The molecule has 0 amide bonds. The van der Waals surface area contributed by atoms with Gasteiger partial charge >= 0.3 is 5.97 Å². The van der Waals surface area contributed by atoms with Crippen molar-refractivity contribution in [2.24, 2.45) is 0 Å². The fourth-order valence-electron chi connectivity index (χ4n) is 2.22. The summed E-state index contributed by atoms with van der Waals surface area (Å²) < 4.78 is 12.9. The average molecular weight is 293 g/mol. The van der Waals surface area contributed by atoms with Gasteiger partial charge in [0.05, 0.1) is 11.1 Å². The Bertz CT molecular complexity index is 870. The van der Waals surface area contributed by atoms with Gasteiger partial charge in [-0.05, 0) is 41.5 Å². The molecule has 0 saturated carbocycles. The van der Waals surface area contributed by atoms with Crippen LogP contribution in [0.1, 0.15) is 21.5 Å². The van der Waals surface area contributed by atoms with Crippen LogP contribution in [0.4, 0.5) is 4.39 Å².